The Kier molecular flexibility index (Phi) is 8.42. The van der Waals surface area contributed by atoms with Crippen LogP contribution in [0.2, 0.25) is 0 Å². The second-order valence-electron chi connectivity index (χ2n) is 12.1. The van der Waals surface area contributed by atoms with Crippen LogP contribution in [0.25, 0.3) is 22.7 Å². The number of urea groups is 1. The van der Waals surface area contributed by atoms with E-state index in [0.717, 1.165) is 26.7 Å². The molecule has 0 unspecified atom stereocenters. The molecule has 6 aromatic rings. The Bertz CT molecular complexity index is 2080. The molecule has 0 spiro atoms. The van der Waals surface area contributed by atoms with Gasteiger partial charge in [-0.15, -0.1) is 10.2 Å². The summed E-state index contributed by atoms with van der Waals surface area (Å²) in [5.41, 5.74) is 5.42. The van der Waals surface area contributed by atoms with Crippen molar-refractivity contribution < 1.29 is 9.90 Å². The first-order chi connectivity index (χ1) is 22.8. The Morgan fingerprint density at radius 2 is 1.79 bits per heavy atom. The number of benzene rings is 3. The van der Waals surface area contributed by atoms with Gasteiger partial charge in [0, 0.05) is 28.6 Å². The Morgan fingerprint density at radius 3 is 2.60 bits per heavy atom. The number of phenolic OH excluding ortho intramolecular Hbond substituents is 1. The molecule has 1 saturated carbocycles. The van der Waals surface area contributed by atoms with Gasteiger partial charge in [0.25, 0.3) is 0 Å². The van der Waals surface area contributed by atoms with Gasteiger partial charge < -0.3 is 10.4 Å². The summed E-state index contributed by atoms with van der Waals surface area (Å²) in [4.78, 5) is 15.3. The lowest BCUT2D eigenvalue weighted by Crippen LogP contribution is -2.29. The molecular weight excluding hydrogens is 627 g/mol. The monoisotopic (exact) mass is 661 g/mol. The predicted molar refractivity (Wildman–Crippen MR) is 189 cm³/mol. The number of aromatic nitrogens is 5. The normalized spacial score (nSPS) is 13.2. The van der Waals surface area contributed by atoms with Crippen molar-refractivity contribution in [2.45, 2.75) is 53.7 Å². The molecule has 0 saturated heterocycles. The standard InChI is InChI=1S/C36H35N7O2S2/c1-36(2,46-3)31-20-33(43(41-31)26-11-8-10-24(19-26)23-15-16-23)38-35(45)37-21-25-9-4-7-14-30(25)47-27-17-18-32-39-40-34(42(32)22-27)28-12-5-6-13-29(28)44/h4-14,17-20,22-23,44H,15-16,21H2,1-3H3,(H2,37,38,45). The Balaban J connectivity index is 1.09. The molecule has 9 nitrogen and oxygen atoms in total. The SMILES string of the molecule is CSC(C)(C)c1cc(NC(=O)NCc2ccccc2Sc2ccc3nnc(-c4ccccc4O)n3c2)n(-c2cccc(C3CC3)c2)n1. The van der Waals surface area contributed by atoms with Gasteiger partial charge in [-0.2, -0.15) is 16.9 Å². The number of anilines is 1. The zero-order chi connectivity index (χ0) is 32.5. The van der Waals surface area contributed by atoms with Gasteiger partial charge in [0.05, 0.1) is 21.7 Å². The van der Waals surface area contributed by atoms with E-state index in [4.69, 9.17) is 5.10 Å². The number of amides is 2. The van der Waals surface area contributed by atoms with E-state index in [-0.39, 0.29) is 16.5 Å². The van der Waals surface area contributed by atoms with Crippen LogP contribution < -0.4 is 10.6 Å². The lowest BCUT2D eigenvalue weighted by molar-refractivity contribution is 0.251. The first kappa shape index (κ1) is 30.9. The van der Waals surface area contributed by atoms with E-state index >= 15 is 0 Å². The third-order valence-corrected chi connectivity index (χ3v) is 10.7. The number of phenols is 1. The number of aromatic hydroxyl groups is 1. The summed E-state index contributed by atoms with van der Waals surface area (Å²) < 4.78 is 3.50. The highest BCUT2D eigenvalue weighted by Gasteiger charge is 2.27. The van der Waals surface area contributed by atoms with E-state index in [0.29, 0.717) is 35.3 Å². The fraction of sp³-hybridized carbons (Fsp3) is 0.222. The van der Waals surface area contributed by atoms with Crippen LogP contribution in [0, 0.1) is 0 Å². The number of nitrogens with zero attached hydrogens (tertiary/aromatic N) is 5. The van der Waals surface area contributed by atoms with Gasteiger partial charge in [-0.25, -0.2) is 9.48 Å². The summed E-state index contributed by atoms with van der Waals surface area (Å²) in [7, 11) is 0. The van der Waals surface area contributed by atoms with Crippen LogP contribution in [-0.2, 0) is 11.3 Å². The van der Waals surface area contributed by atoms with Crippen molar-refractivity contribution >= 4 is 41.0 Å². The lowest BCUT2D eigenvalue weighted by Gasteiger charge is -2.18. The summed E-state index contributed by atoms with van der Waals surface area (Å²) in [5.74, 6) is 1.95. The van der Waals surface area contributed by atoms with Gasteiger partial charge in [0.15, 0.2) is 11.5 Å². The molecule has 0 bridgehead atoms. The zero-order valence-electron chi connectivity index (χ0n) is 26.3. The number of rotatable bonds is 10. The molecule has 1 aliphatic rings. The van der Waals surface area contributed by atoms with Crippen LogP contribution in [0.4, 0.5) is 10.6 Å². The van der Waals surface area contributed by atoms with Crippen molar-refractivity contribution in [3.8, 4) is 22.8 Å². The van der Waals surface area contributed by atoms with Crippen molar-refractivity contribution in [1.82, 2.24) is 29.7 Å². The van der Waals surface area contributed by atoms with Gasteiger partial charge in [-0.05, 0) is 92.5 Å². The average molecular weight is 662 g/mol. The summed E-state index contributed by atoms with van der Waals surface area (Å²) in [5, 5.41) is 30.1. The van der Waals surface area contributed by atoms with Crippen LogP contribution in [0.3, 0.4) is 0 Å². The molecule has 11 heteroatoms. The van der Waals surface area contributed by atoms with Crippen molar-refractivity contribution in [1.29, 1.82) is 0 Å². The number of thioether (sulfide) groups is 1. The minimum atomic E-state index is -0.309. The molecule has 1 aliphatic carbocycles. The molecule has 0 aliphatic heterocycles. The molecule has 7 rings (SSSR count). The number of carbonyl (C=O) groups is 1. The molecule has 3 heterocycles. The molecule has 0 atom stereocenters. The third kappa shape index (κ3) is 6.59. The smallest absolute Gasteiger partial charge is 0.320 e. The predicted octanol–water partition coefficient (Wildman–Crippen LogP) is 8.24. The van der Waals surface area contributed by atoms with E-state index in [1.54, 1.807) is 35.7 Å². The molecule has 3 N–H and O–H groups in total. The van der Waals surface area contributed by atoms with Crippen LogP contribution >= 0.6 is 23.5 Å². The zero-order valence-corrected chi connectivity index (χ0v) is 28.0. The lowest BCUT2D eigenvalue weighted by atomic mass is 10.1. The molecule has 3 aromatic carbocycles. The molecular formula is C36H35N7O2S2. The summed E-state index contributed by atoms with van der Waals surface area (Å²) in [6.07, 6.45) is 6.47. The first-order valence-corrected chi connectivity index (χ1v) is 17.5. The van der Waals surface area contributed by atoms with Gasteiger partial charge in [-0.1, -0.05) is 54.2 Å². The fourth-order valence-electron chi connectivity index (χ4n) is 5.38. The minimum absolute atomic E-state index is 0.147. The van der Waals surface area contributed by atoms with E-state index in [2.05, 4.69) is 59.1 Å². The number of para-hydroxylation sites is 1. The van der Waals surface area contributed by atoms with Gasteiger partial charge in [0.2, 0.25) is 0 Å². The Hall–Kier alpha value is -4.74. The highest BCUT2D eigenvalue weighted by Crippen LogP contribution is 2.41. The number of nitrogens with one attached hydrogen (secondary N) is 2. The van der Waals surface area contributed by atoms with Crippen LogP contribution in [0.15, 0.2) is 107 Å². The van der Waals surface area contributed by atoms with E-state index in [9.17, 15) is 9.90 Å². The molecule has 2 amide bonds. The quantitative estimate of drug-likeness (QED) is 0.136. The van der Waals surface area contributed by atoms with Gasteiger partial charge in [-0.3, -0.25) is 9.72 Å². The van der Waals surface area contributed by atoms with Crippen molar-refractivity contribution in [3.63, 3.8) is 0 Å². The average Bonchev–Trinajstić information content (AvgIpc) is 3.72. The number of carbonyl (C=O) groups excluding carboxylic acids is 1. The van der Waals surface area contributed by atoms with E-state index in [1.807, 2.05) is 75.9 Å². The van der Waals surface area contributed by atoms with Crippen molar-refractivity contribution in [2.24, 2.45) is 0 Å². The molecule has 3 aromatic heterocycles. The molecule has 0 radical (unpaired) electrons. The summed E-state index contributed by atoms with van der Waals surface area (Å²) in [6.45, 7) is 4.61. The van der Waals surface area contributed by atoms with E-state index < -0.39 is 0 Å². The topological polar surface area (TPSA) is 109 Å². The maximum atomic E-state index is 13.4. The van der Waals surface area contributed by atoms with Crippen molar-refractivity contribution in [2.75, 3.05) is 11.6 Å². The fourth-order valence-corrected chi connectivity index (χ4v) is 6.66. The molecule has 47 heavy (non-hydrogen) atoms. The third-order valence-electron chi connectivity index (χ3n) is 8.40. The first-order valence-electron chi connectivity index (χ1n) is 15.5. The summed E-state index contributed by atoms with van der Waals surface area (Å²) in [6, 6.07) is 29.1. The largest absolute Gasteiger partial charge is 0.507 e. The minimum Gasteiger partial charge on any atom is -0.507 e. The highest BCUT2D eigenvalue weighted by atomic mass is 32.2. The van der Waals surface area contributed by atoms with Crippen LogP contribution in [-0.4, -0.2) is 41.8 Å². The second kappa shape index (κ2) is 12.8. The maximum absolute atomic E-state index is 13.4. The van der Waals surface area contributed by atoms with Crippen LogP contribution in [0.5, 0.6) is 5.75 Å². The van der Waals surface area contributed by atoms with Crippen LogP contribution in [0.1, 0.15) is 49.4 Å². The molecule has 238 valence electrons. The van der Waals surface area contributed by atoms with Gasteiger partial charge >= 0.3 is 6.03 Å². The summed E-state index contributed by atoms with van der Waals surface area (Å²) >= 11 is 3.31. The number of hydrogen-bond acceptors (Lipinski definition) is 7. The second-order valence-corrected chi connectivity index (χ2v) is 14.6. The number of hydrogen-bond donors (Lipinski definition) is 3. The number of fused-ring (bicyclic) bond motifs is 1. The Morgan fingerprint density at radius 1 is 0.979 bits per heavy atom. The van der Waals surface area contributed by atoms with E-state index in [1.165, 1.54) is 18.4 Å². The van der Waals surface area contributed by atoms with Gasteiger partial charge in [0.1, 0.15) is 11.6 Å². The van der Waals surface area contributed by atoms with Crippen molar-refractivity contribution in [3.05, 3.63) is 114 Å². The maximum Gasteiger partial charge on any atom is 0.320 e. The highest BCUT2D eigenvalue weighted by molar-refractivity contribution is 7.99. The number of pyridine rings is 1. The molecule has 1 fully saturated rings. The Labute approximate surface area is 281 Å².